The third-order valence-corrected chi connectivity index (χ3v) is 0.452. The lowest BCUT2D eigenvalue weighted by Gasteiger charge is -2.00. The molecule has 6 heavy (non-hydrogen) atoms. The Morgan fingerprint density at radius 3 is 1.83 bits per heavy atom. The molecule has 0 aromatic rings. The Hall–Kier alpha value is -0.260. The zero-order valence-electron chi connectivity index (χ0n) is 2.96. The minimum atomic E-state index is -0.657. The first-order valence-corrected chi connectivity index (χ1v) is 1.61. The average Bonchev–Trinajstić information content (AvgIpc) is 1.36. The van der Waals surface area contributed by atoms with Crippen molar-refractivity contribution in [2.24, 2.45) is 11.7 Å². The summed E-state index contributed by atoms with van der Waals surface area (Å²) in [5.41, 5.74) is 0. The van der Waals surface area contributed by atoms with Crippen LogP contribution in [0.4, 0.5) is 4.79 Å². The predicted molar refractivity (Wildman–Crippen MR) is 24.6 cm³/mol. The molecule has 36 valence electrons. The zero-order valence-corrected chi connectivity index (χ0v) is 3.85. The van der Waals surface area contributed by atoms with Crippen molar-refractivity contribution in [2.75, 3.05) is 0 Å². The summed E-state index contributed by atoms with van der Waals surface area (Å²) in [4.78, 5) is 9.68. The highest BCUT2D eigenvalue weighted by Crippen LogP contribution is 1.76. The third kappa shape index (κ3) is 2.01. The van der Waals surface area contributed by atoms with E-state index in [1.807, 2.05) is 0 Å². The van der Waals surface area contributed by atoms with Gasteiger partial charge in [-0.3, -0.25) is 4.79 Å². The largest absolute Gasteiger partial charge is 0.307 e. The molecule has 0 saturated heterocycles. The molecule has 0 rings (SSSR count). The summed E-state index contributed by atoms with van der Waals surface area (Å²) in [7, 11) is 0. The third-order valence-electron chi connectivity index (χ3n) is 0.221. The van der Waals surface area contributed by atoms with Crippen molar-refractivity contribution in [1.29, 1.82) is 0 Å². The molecule has 0 bridgehead atoms. The summed E-state index contributed by atoms with van der Waals surface area (Å²) < 4.78 is 0. The highest BCUT2D eigenvalue weighted by atomic mass is 32.1. The first-order chi connectivity index (χ1) is 2.64. The van der Waals surface area contributed by atoms with Gasteiger partial charge in [0.2, 0.25) is 0 Å². The lowest BCUT2D eigenvalue weighted by atomic mass is 11.3. The van der Waals surface area contributed by atoms with Crippen LogP contribution in [0.2, 0.25) is 0 Å². The normalized spacial score (nSPS) is 7.83. The number of thiol groups is 1. The Morgan fingerprint density at radius 1 is 1.67 bits per heavy atom. The lowest BCUT2D eigenvalue weighted by Crippen LogP contribution is -2.39. The van der Waals surface area contributed by atoms with E-state index < -0.39 is 5.24 Å². The molecule has 0 fully saturated rings. The number of carbonyl (C=O) groups is 1. The maximum atomic E-state index is 9.68. The molecule has 5 heteroatoms. The Balaban J connectivity index is 3.26. The van der Waals surface area contributed by atoms with Gasteiger partial charge in [0.25, 0.3) is 0 Å². The fourth-order valence-corrected chi connectivity index (χ4v) is 0. The van der Waals surface area contributed by atoms with Gasteiger partial charge in [-0.15, -0.1) is 0 Å². The predicted octanol–water partition coefficient (Wildman–Crippen LogP) is -0.914. The van der Waals surface area contributed by atoms with E-state index >= 15 is 0 Å². The number of nitrogens with two attached hydrogens (primary N) is 2. The Labute approximate surface area is 40.4 Å². The second-order valence-corrected chi connectivity index (χ2v) is 1.07. The van der Waals surface area contributed by atoms with E-state index in [1.165, 1.54) is 0 Å². The van der Waals surface area contributed by atoms with E-state index in [0.717, 1.165) is 0 Å². The van der Waals surface area contributed by atoms with Crippen LogP contribution in [0.1, 0.15) is 0 Å². The van der Waals surface area contributed by atoms with Crippen LogP contribution in [0.15, 0.2) is 0 Å². The van der Waals surface area contributed by atoms with Gasteiger partial charge in [-0.25, -0.2) is 16.8 Å². The van der Waals surface area contributed by atoms with Crippen molar-refractivity contribution in [3.63, 3.8) is 0 Å². The van der Waals surface area contributed by atoms with Crippen molar-refractivity contribution in [1.82, 2.24) is 5.12 Å². The Morgan fingerprint density at radius 2 is 1.83 bits per heavy atom. The van der Waals surface area contributed by atoms with Crippen molar-refractivity contribution in [3.05, 3.63) is 0 Å². The van der Waals surface area contributed by atoms with E-state index in [0.29, 0.717) is 5.12 Å². The molecule has 0 aliphatic carbocycles. The summed E-state index contributed by atoms with van der Waals surface area (Å²) in [6.45, 7) is 0. The van der Waals surface area contributed by atoms with Crippen LogP contribution in [0.25, 0.3) is 0 Å². The van der Waals surface area contributed by atoms with Gasteiger partial charge in [-0.2, -0.15) is 0 Å². The molecule has 0 saturated carbocycles. The first-order valence-electron chi connectivity index (χ1n) is 1.17. The standard InChI is InChI=1S/CH5N3OS/c2-4(3)1(5)6/h2-3H2,(H,5,6). The van der Waals surface area contributed by atoms with Crippen molar-refractivity contribution < 1.29 is 4.79 Å². The number of hydrogen-bond donors (Lipinski definition) is 3. The molecule has 0 aliphatic heterocycles. The molecule has 0 heterocycles. The summed E-state index contributed by atoms with van der Waals surface area (Å²) in [6.07, 6.45) is 0. The SMILES string of the molecule is NN(N)C(=O)S. The number of carbonyl (C=O) groups excluding carboxylic acids is 1. The maximum Gasteiger partial charge on any atom is 0.307 e. The molecule has 4 nitrogen and oxygen atoms in total. The van der Waals surface area contributed by atoms with Gasteiger partial charge in [0.1, 0.15) is 0 Å². The molecule has 0 radical (unpaired) electrons. The number of amides is 1. The lowest BCUT2D eigenvalue weighted by molar-refractivity contribution is 0.226. The topological polar surface area (TPSA) is 72.3 Å². The summed E-state index contributed by atoms with van der Waals surface area (Å²) in [6, 6.07) is 0. The minimum Gasteiger partial charge on any atom is -0.259 e. The molecular formula is CH5N3OS. The van der Waals surface area contributed by atoms with Crippen molar-refractivity contribution in [3.8, 4) is 0 Å². The average molecular weight is 107 g/mol. The molecule has 0 spiro atoms. The van der Waals surface area contributed by atoms with Crippen LogP contribution < -0.4 is 11.7 Å². The number of rotatable bonds is 0. The molecule has 4 N–H and O–H groups in total. The second kappa shape index (κ2) is 2.01. The van der Waals surface area contributed by atoms with Crippen molar-refractivity contribution in [2.45, 2.75) is 0 Å². The van der Waals surface area contributed by atoms with Crippen molar-refractivity contribution >= 4 is 17.9 Å². The highest BCUT2D eigenvalue weighted by molar-refractivity contribution is 7.96. The van der Waals surface area contributed by atoms with Gasteiger partial charge in [-0.1, -0.05) is 12.6 Å². The van der Waals surface area contributed by atoms with Gasteiger partial charge >= 0.3 is 5.24 Å². The van der Waals surface area contributed by atoms with Crippen LogP contribution in [0.5, 0.6) is 0 Å². The minimum absolute atomic E-state index is 0.392. The van der Waals surface area contributed by atoms with Gasteiger partial charge in [0.15, 0.2) is 0 Å². The number of nitrogens with zero attached hydrogens (tertiary/aromatic N) is 1. The van der Waals surface area contributed by atoms with E-state index in [4.69, 9.17) is 0 Å². The number of hydrogen-bond acceptors (Lipinski definition) is 3. The first kappa shape index (κ1) is 5.74. The van der Waals surface area contributed by atoms with Crippen LogP contribution in [-0.2, 0) is 0 Å². The quantitative estimate of drug-likeness (QED) is 0.162. The fraction of sp³-hybridized carbons (Fsp3) is 0. The zero-order chi connectivity index (χ0) is 5.15. The van der Waals surface area contributed by atoms with Gasteiger partial charge in [0, 0.05) is 0 Å². The molecule has 0 aliphatic rings. The van der Waals surface area contributed by atoms with Gasteiger partial charge in [-0.05, 0) is 0 Å². The molecule has 1 amide bonds. The summed E-state index contributed by atoms with van der Waals surface area (Å²) in [5, 5.41) is -0.265. The maximum absolute atomic E-state index is 9.68. The second-order valence-electron chi connectivity index (χ2n) is 0.690. The smallest absolute Gasteiger partial charge is 0.259 e. The van der Waals surface area contributed by atoms with E-state index in [9.17, 15) is 4.79 Å². The summed E-state index contributed by atoms with van der Waals surface area (Å²) >= 11 is 3.23. The van der Waals surface area contributed by atoms with Crippen LogP contribution in [0.3, 0.4) is 0 Å². The van der Waals surface area contributed by atoms with Gasteiger partial charge in [0.05, 0.1) is 0 Å². The number of hydrazine groups is 2. The molecule has 0 aromatic heterocycles. The molecule has 0 aromatic carbocycles. The van der Waals surface area contributed by atoms with E-state index in [2.05, 4.69) is 24.3 Å². The molecule has 0 unspecified atom stereocenters. The van der Waals surface area contributed by atoms with Gasteiger partial charge < -0.3 is 0 Å². The van der Waals surface area contributed by atoms with E-state index in [1.54, 1.807) is 0 Å². The van der Waals surface area contributed by atoms with Crippen LogP contribution in [0, 0.1) is 0 Å². The van der Waals surface area contributed by atoms with E-state index in [-0.39, 0.29) is 0 Å². The Bertz CT molecular complexity index is 61.8. The van der Waals surface area contributed by atoms with Crippen LogP contribution in [-0.4, -0.2) is 10.4 Å². The summed E-state index contributed by atoms with van der Waals surface area (Å²) in [5.74, 6) is 9.24. The van der Waals surface area contributed by atoms with Crippen LogP contribution >= 0.6 is 12.6 Å². The molecular weight excluding hydrogens is 102 g/mol. The fourth-order valence-electron chi connectivity index (χ4n) is 0. The highest BCUT2D eigenvalue weighted by Gasteiger charge is 1.90. The Kier molecular flexibility index (Phi) is 1.93. The monoisotopic (exact) mass is 107 g/mol. The molecule has 0 atom stereocenters.